The normalized spacial score (nSPS) is 12.8. The van der Waals surface area contributed by atoms with Crippen LogP contribution in [0, 0.1) is 17.2 Å². The fourth-order valence-electron chi connectivity index (χ4n) is 1.74. The summed E-state index contributed by atoms with van der Waals surface area (Å²) in [5, 5.41) is 13.9. The van der Waals surface area contributed by atoms with Gasteiger partial charge in [-0.3, -0.25) is 4.79 Å². The number of primary amides is 1. The molecule has 4 N–H and O–H groups in total. The lowest BCUT2D eigenvalue weighted by Crippen LogP contribution is -2.49. The van der Waals surface area contributed by atoms with Gasteiger partial charge in [-0.1, -0.05) is 26.3 Å². The average molecular weight is 274 g/mol. The Kier molecular flexibility index (Phi) is 5.54. The van der Waals surface area contributed by atoms with Crippen molar-refractivity contribution >= 4 is 17.6 Å². The lowest BCUT2D eigenvalue weighted by Gasteiger charge is -2.22. The lowest BCUT2D eigenvalue weighted by molar-refractivity contribution is -0.119. The van der Waals surface area contributed by atoms with E-state index in [1.165, 1.54) is 0 Å². The van der Waals surface area contributed by atoms with Gasteiger partial charge in [-0.05, 0) is 24.1 Å². The van der Waals surface area contributed by atoms with Gasteiger partial charge in [-0.15, -0.1) is 0 Å². The molecule has 1 aromatic rings. The second kappa shape index (κ2) is 7.14. The van der Waals surface area contributed by atoms with Crippen molar-refractivity contribution in [3.05, 3.63) is 29.8 Å². The van der Waals surface area contributed by atoms with E-state index < -0.39 is 12.1 Å². The summed E-state index contributed by atoms with van der Waals surface area (Å²) in [5.74, 6) is -0.408. The maximum Gasteiger partial charge on any atom is 0.312 e. The van der Waals surface area contributed by atoms with E-state index in [0.717, 1.165) is 6.42 Å². The Morgan fingerprint density at radius 2 is 2.15 bits per heavy atom. The highest BCUT2D eigenvalue weighted by Gasteiger charge is 2.25. The minimum Gasteiger partial charge on any atom is -0.352 e. The summed E-state index contributed by atoms with van der Waals surface area (Å²) in [4.78, 5) is 23.2. The van der Waals surface area contributed by atoms with Gasteiger partial charge >= 0.3 is 6.03 Å². The van der Waals surface area contributed by atoms with Gasteiger partial charge in [0.1, 0.15) is 6.04 Å². The second-order valence-electron chi connectivity index (χ2n) is 4.55. The van der Waals surface area contributed by atoms with E-state index in [0.29, 0.717) is 11.3 Å². The highest BCUT2D eigenvalue weighted by Crippen LogP contribution is 2.13. The number of nitriles is 1. The van der Waals surface area contributed by atoms with Gasteiger partial charge in [0.15, 0.2) is 0 Å². The van der Waals surface area contributed by atoms with E-state index in [2.05, 4.69) is 10.6 Å². The number of anilines is 1. The van der Waals surface area contributed by atoms with E-state index in [-0.39, 0.29) is 11.8 Å². The molecule has 0 aliphatic heterocycles. The monoisotopic (exact) mass is 274 g/mol. The van der Waals surface area contributed by atoms with Crippen LogP contribution in [0.4, 0.5) is 10.5 Å². The summed E-state index contributed by atoms with van der Waals surface area (Å²) in [6, 6.07) is 7.11. The number of rotatable bonds is 5. The topological polar surface area (TPSA) is 108 Å². The van der Waals surface area contributed by atoms with Gasteiger partial charge in [0.2, 0.25) is 5.91 Å². The standard InChI is InChI=1S/C14H18N4O2/c1-3-9(2)12(18-14(16)20)13(19)17-11-6-4-5-10(7-11)8-15/h4-7,9,12H,3H2,1-2H3,(H,17,19)(H3,16,18,20)/t9-,12+/m0/s1. The van der Waals surface area contributed by atoms with Crippen LogP contribution in [0.1, 0.15) is 25.8 Å². The van der Waals surface area contributed by atoms with Crippen LogP contribution in [0.3, 0.4) is 0 Å². The van der Waals surface area contributed by atoms with Crippen LogP contribution < -0.4 is 16.4 Å². The first-order valence-electron chi connectivity index (χ1n) is 6.35. The number of carbonyl (C=O) groups is 2. The number of nitrogens with zero attached hydrogens (tertiary/aromatic N) is 1. The molecule has 3 amide bonds. The van der Waals surface area contributed by atoms with Crippen LogP contribution in [0.15, 0.2) is 24.3 Å². The Morgan fingerprint density at radius 1 is 1.45 bits per heavy atom. The van der Waals surface area contributed by atoms with Crippen molar-refractivity contribution in [1.82, 2.24) is 5.32 Å². The van der Waals surface area contributed by atoms with Crippen molar-refractivity contribution in [3.8, 4) is 6.07 Å². The smallest absolute Gasteiger partial charge is 0.312 e. The predicted molar refractivity (Wildman–Crippen MR) is 75.7 cm³/mol. The first-order chi connectivity index (χ1) is 9.47. The molecular weight excluding hydrogens is 256 g/mol. The molecule has 1 rings (SSSR count). The first-order valence-corrected chi connectivity index (χ1v) is 6.35. The molecule has 0 bridgehead atoms. The summed E-state index contributed by atoms with van der Waals surface area (Å²) < 4.78 is 0. The summed E-state index contributed by atoms with van der Waals surface area (Å²) in [6.45, 7) is 3.77. The molecule has 1 aromatic carbocycles. The van der Waals surface area contributed by atoms with Crippen LogP contribution in [0.25, 0.3) is 0 Å². The summed E-state index contributed by atoms with van der Waals surface area (Å²) in [5.41, 5.74) is 6.05. The van der Waals surface area contributed by atoms with E-state index in [1.54, 1.807) is 24.3 Å². The zero-order valence-corrected chi connectivity index (χ0v) is 11.5. The zero-order chi connectivity index (χ0) is 15.1. The number of benzene rings is 1. The van der Waals surface area contributed by atoms with Crippen LogP contribution >= 0.6 is 0 Å². The number of hydrogen-bond acceptors (Lipinski definition) is 3. The largest absolute Gasteiger partial charge is 0.352 e. The van der Waals surface area contributed by atoms with Crippen molar-refractivity contribution in [1.29, 1.82) is 5.26 Å². The quantitative estimate of drug-likeness (QED) is 0.758. The fourth-order valence-corrected chi connectivity index (χ4v) is 1.74. The van der Waals surface area contributed by atoms with Gasteiger partial charge in [0.25, 0.3) is 0 Å². The Bertz CT molecular complexity index is 536. The molecule has 2 atom stereocenters. The molecule has 20 heavy (non-hydrogen) atoms. The Morgan fingerprint density at radius 3 is 2.70 bits per heavy atom. The number of nitrogens with one attached hydrogen (secondary N) is 2. The Balaban J connectivity index is 2.84. The van der Waals surface area contributed by atoms with E-state index in [4.69, 9.17) is 11.0 Å². The minimum absolute atomic E-state index is 0.0540. The summed E-state index contributed by atoms with van der Waals surface area (Å²) in [6.07, 6.45) is 0.719. The molecule has 106 valence electrons. The van der Waals surface area contributed by atoms with Crippen LogP contribution in [-0.2, 0) is 4.79 Å². The Hall–Kier alpha value is -2.55. The minimum atomic E-state index is -0.740. The highest BCUT2D eigenvalue weighted by molar-refractivity contribution is 5.97. The molecule has 0 saturated carbocycles. The predicted octanol–water partition coefficient (Wildman–Crippen LogP) is 1.58. The molecule has 0 saturated heterocycles. The number of urea groups is 1. The van der Waals surface area contributed by atoms with E-state index in [1.807, 2.05) is 19.9 Å². The van der Waals surface area contributed by atoms with Crippen molar-refractivity contribution in [3.63, 3.8) is 0 Å². The molecule has 0 aliphatic carbocycles. The average Bonchev–Trinajstić information content (AvgIpc) is 2.43. The molecular formula is C14H18N4O2. The molecule has 0 fully saturated rings. The van der Waals surface area contributed by atoms with Crippen molar-refractivity contribution < 1.29 is 9.59 Å². The van der Waals surface area contributed by atoms with Crippen LogP contribution in [-0.4, -0.2) is 18.0 Å². The number of nitrogens with two attached hydrogens (primary N) is 1. The molecule has 0 aliphatic rings. The van der Waals surface area contributed by atoms with Crippen molar-refractivity contribution in [2.24, 2.45) is 11.7 Å². The zero-order valence-electron chi connectivity index (χ0n) is 11.5. The van der Waals surface area contributed by atoms with Crippen LogP contribution in [0.2, 0.25) is 0 Å². The van der Waals surface area contributed by atoms with Crippen molar-refractivity contribution in [2.75, 3.05) is 5.32 Å². The first kappa shape index (κ1) is 15.5. The van der Waals surface area contributed by atoms with E-state index in [9.17, 15) is 9.59 Å². The van der Waals surface area contributed by atoms with E-state index >= 15 is 0 Å². The third-order valence-corrected chi connectivity index (χ3v) is 3.05. The second-order valence-corrected chi connectivity index (χ2v) is 4.55. The maximum atomic E-state index is 12.2. The lowest BCUT2D eigenvalue weighted by atomic mass is 9.98. The molecule has 6 heteroatoms. The van der Waals surface area contributed by atoms with Gasteiger partial charge in [0.05, 0.1) is 11.6 Å². The van der Waals surface area contributed by atoms with Gasteiger partial charge in [-0.25, -0.2) is 4.79 Å². The third kappa shape index (κ3) is 4.28. The molecule has 0 aromatic heterocycles. The van der Waals surface area contributed by atoms with Gasteiger partial charge in [0, 0.05) is 5.69 Å². The highest BCUT2D eigenvalue weighted by atomic mass is 16.2. The molecule has 0 spiro atoms. The molecule has 0 radical (unpaired) electrons. The number of carbonyl (C=O) groups excluding carboxylic acids is 2. The number of hydrogen-bond donors (Lipinski definition) is 3. The maximum absolute atomic E-state index is 12.2. The Labute approximate surface area is 118 Å². The van der Waals surface area contributed by atoms with Crippen LogP contribution in [0.5, 0.6) is 0 Å². The molecule has 0 heterocycles. The fraction of sp³-hybridized carbons (Fsp3) is 0.357. The number of amides is 3. The van der Waals surface area contributed by atoms with Gasteiger partial charge < -0.3 is 16.4 Å². The molecule has 6 nitrogen and oxygen atoms in total. The summed E-state index contributed by atoms with van der Waals surface area (Å²) in [7, 11) is 0. The SMILES string of the molecule is CC[C@H](C)[C@@H](NC(N)=O)C(=O)Nc1cccc(C#N)c1. The third-order valence-electron chi connectivity index (χ3n) is 3.05. The molecule has 0 unspecified atom stereocenters. The summed E-state index contributed by atoms with van der Waals surface area (Å²) >= 11 is 0. The van der Waals surface area contributed by atoms with Crippen molar-refractivity contribution in [2.45, 2.75) is 26.3 Å². The van der Waals surface area contributed by atoms with Gasteiger partial charge in [-0.2, -0.15) is 5.26 Å².